The molecule has 24 heavy (non-hydrogen) atoms. The summed E-state index contributed by atoms with van der Waals surface area (Å²) < 4.78 is 5.29. The van der Waals surface area contributed by atoms with Crippen LogP contribution in [-0.4, -0.2) is 73.2 Å². The zero-order chi connectivity index (χ0) is 17.8. The van der Waals surface area contributed by atoms with Gasteiger partial charge in [0.2, 0.25) is 0 Å². The summed E-state index contributed by atoms with van der Waals surface area (Å²) in [5, 5.41) is 9.17. The molecule has 0 aromatic rings. The highest BCUT2D eigenvalue weighted by atomic mass is 16.5. The number of rotatable bonds is 4. The number of carbonyl (C=O) groups is 2. The van der Waals surface area contributed by atoms with E-state index >= 15 is 0 Å². The van der Waals surface area contributed by atoms with Crippen molar-refractivity contribution in [3.05, 3.63) is 0 Å². The zero-order valence-corrected chi connectivity index (χ0v) is 15.4. The molecule has 0 unspecified atom stereocenters. The van der Waals surface area contributed by atoms with Gasteiger partial charge in [0.25, 0.3) is 0 Å². The number of nitrogens with zero attached hydrogens (tertiary/aromatic N) is 1. The summed E-state index contributed by atoms with van der Waals surface area (Å²) in [5.41, 5.74) is -0.126. The predicted molar refractivity (Wildman–Crippen MR) is 92.7 cm³/mol. The van der Waals surface area contributed by atoms with E-state index in [1.165, 1.54) is 0 Å². The molecule has 2 rings (SSSR count). The van der Waals surface area contributed by atoms with Crippen LogP contribution in [0.3, 0.4) is 0 Å². The standard InChI is InChI=1S/C17H32N4O3/c1-16(2)11-13(12-17(3,4)20-16)19-15(23)14(22)18-5-6-21-7-9-24-10-8-21/h13,20H,5-12H2,1-4H3,(H,18,22)(H,19,23). The van der Waals surface area contributed by atoms with E-state index in [0.717, 1.165) is 45.7 Å². The van der Waals surface area contributed by atoms with Crippen LogP contribution < -0.4 is 16.0 Å². The molecule has 0 aromatic carbocycles. The number of piperidine rings is 1. The first-order chi connectivity index (χ1) is 11.2. The predicted octanol–water partition coefficient (Wildman–Crippen LogP) is -0.140. The number of ether oxygens (including phenoxy) is 1. The third-order valence-electron chi connectivity index (χ3n) is 4.55. The third kappa shape index (κ3) is 6.03. The van der Waals surface area contributed by atoms with Gasteiger partial charge < -0.3 is 20.7 Å². The Bertz CT molecular complexity index is 443. The Labute approximate surface area is 144 Å². The molecule has 0 aromatic heterocycles. The van der Waals surface area contributed by atoms with Crippen LogP contribution in [0.2, 0.25) is 0 Å². The van der Waals surface area contributed by atoms with Crippen molar-refractivity contribution < 1.29 is 14.3 Å². The molecule has 2 heterocycles. The van der Waals surface area contributed by atoms with Gasteiger partial charge in [-0.2, -0.15) is 0 Å². The Morgan fingerprint density at radius 3 is 2.25 bits per heavy atom. The number of carbonyl (C=O) groups excluding carboxylic acids is 2. The van der Waals surface area contributed by atoms with Gasteiger partial charge in [0.05, 0.1) is 13.2 Å². The van der Waals surface area contributed by atoms with Crippen LogP contribution in [0.15, 0.2) is 0 Å². The van der Waals surface area contributed by atoms with Crippen molar-refractivity contribution in [3.63, 3.8) is 0 Å². The van der Waals surface area contributed by atoms with Crippen LogP contribution in [0.1, 0.15) is 40.5 Å². The molecule has 3 N–H and O–H groups in total. The summed E-state index contributed by atoms with van der Waals surface area (Å²) in [6.45, 7) is 12.9. The first-order valence-electron chi connectivity index (χ1n) is 8.85. The molecule has 2 saturated heterocycles. The molecule has 138 valence electrons. The molecule has 0 spiro atoms. The maximum atomic E-state index is 12.1. The zero-order valence-electron chi connectivity index (χ0n) is 15.4. The minimum atomic E-state index is -0.544. The Kier molecular flexibility index (Phi) is 6.22. The van der Waals surface area contributed by atoms with E-state index in [1.807, 2.05) is 0 Å². The first kappa shape index (κ1) is 19.1. The van der Waals surface area contributed by atoms with E-state index in [9.17, 15) is 9.59 Å². The van der Waals surface area contributed by atoms with Crippen molar-refractivity contribution in [2.45, 2.75) is 57.7 Å². The normalized spacial score (nSPS) is 24.3. The van der Waals surface area contributed by atoms with Gasteiger partial charge in [0.15, 0.2) is 0 Å². The summed E-state index contributed by atoms with van der Waals surface area (Å²) in [5.74, 6) is -1.08. The van der Waals surface area contributed by atoms with Crippen molar-refractivity contribution in [2.24, 2.45) is 0 Å². The Hall–Kier alpha value is -1.18. The minimum Gasteiger partial charge on any atom is -0.379 e. The van der Waals surface area contributed by atoms with Crippen molar-refractivity contribution in [2.75, 3.05) is 39.4 Å². The van der Waals surface area contributed by atoms with Crippen molar-refractivity contribution in [3.8, 4) is 0 Å². The SMILES string of the molecule is CC1(C)CC(NC(=O)C(=O)NCCN2CCOCC2)CC(C)(C)N1. The Morgan fingerprint density at radius 2 is 1.67 bits per heavy atom. The fourth-order valence-electron chi connectivity index (χ4n) is 3.91. The number of morpholine rings is 1. The summed E-state index contributed by atoms with van der Waals surface area (Å²) >= 11 is 0. The average molecular weight is 340 g/mol. The lowest BCUT2D eigenvalue weighted by molar-refractivity contribution is -0.140. The third-order valence-corrected chi connectivity index (χ3v) is 4.55. The highest BCUT2D eigenvalue weighted by molar-refractivity contribution is 6.35. The topological polar surface area (TPSA) is 82.7 Å². The molecular weight excluding hydrogens is 308 g/mol. The molecule has 0 aliphatic carbocycles. The quantitative estimate of drug-likeness (QED) is 0.621. The molecular formula is C17H32N4O3. The summed E-state index contributed by atoms with van der Waals surface area (Å²) in [6.07, 6.45) is 1.62. The van der Waals surface area contributed by atoms with Gasteiger partial charge >= 0.3 is 11.8 Å². The molecule has 0 saturated carbocycles. The average Bonchev–Trinajstić information content (AvgIpc) is 2.44. The maximum Gasteiger partial charge on any atom is 0.309 e. The van der Waals surface area contributed by atoms with E-state index in [1.54, 1.807) is 0 Å². The van der Waals surface area contributed by atoms with E-state index in [-0.39, 0.29) is 17.1 Å². The molecule has 0 atom stereocenters. The van der Waals surface area contributed by atoms with Crippen molar-refractivity contribution in [1.29, 1.82) is 0 Å². The van der Waals surface area contributed by atoms with Gasteiger partial charge in [0, 0.05) is 43.3 Å². The second kappa shape index (κ2) is 7.80. The number of nitrogens with one attached hydrogen (secondary N) is 3. The van der Waals surface area contributed by atoms with Crippen LogP contribution in [0.4, 0.5) is 0 Å². The fraction of sp³-hybridized carbons (Fsp3) is 0.882. The largest absolute Gasteiger partial charge is 0.379 e. The molecule has 2 aliphatic rings. The molecule has 2 aliphatic heterocycles. The molecule has 2 amide bonds. The molecule has 0 radical (unpaired) electrons. The monoisotopic (exact) mass is 340 g/mol. The number of amides is 2. The van der Waals surface area contributed by atoms with Crippen molar-refractivity contribution in [1.82, 2.24) is 20.9 Å². The Balaban J connectivity index is 1.73. The lowest BCUT2D eigenvalue weighted by atomic mass is 9.79. The van der Waals surface area contributed by atoms with Crippen LogP contribution in [0.25, 0.3) is 0 Å². The summed E-state index contributed by atoms with van der Waals surface area (Å²) in [6, 6.07) is 0.00810. The maximum absolute atomic E-state index is 12.1. The van der Waals surface area contributed by atoms with Gasteiger partial charge in [-0.05, 0) is 40.5 Å². The first-order valence-corrected chi connectivity index (χ1v) is 8.85. The Morgan fingerprint density at radius 1 is 1.08 bits per heavy atom. The van der Waals surface area contributed by atoms with Crippen LogP contribution in [0, 0.1) is 0 Å². The van der Waals surface area contributed by atoms with E-state index in [2.05, 4.69) is 48.5 Å². The second-order valence-electron chi connectivity index (χ2n) is 8.18. The van der Waals surface area contributed by atoms with Crippen LogP contribution in [0.5, 0.6) is 0 Å². The lowest BCUT2D eigenvalue weighted by Crippen LogP contribution is -2.63. The highest BCUT2D eigenvalue weighted by Crippen LogP contribution is 2.28. The smallest absolute Gasteiger partial charge is 0.309 e. The second-order valence-corrected chi connectivity index (χ2v) is 8.18. The van der Waals surface area contributed by atoms with Crippen molar-refractivity contribution >= 4 is 11.8 Å². The van der Waals surface area contributed by atoms with Gasteiger partial charge in [-0.25, -0.2) is 0 Å². The molecule has 0 bridgehead atoms. The number of hydrogen-bond donors (Lipinski definition) is 3. The lowest BCUT2D eigenvalue weighted by Gasteiger charge is -2.46. The summed E-state index contributed by atoms with van der Waals surface area (Å²) in [7, 11) is 0. The van der Waals surface area contributed by atoms with Crippen LogP contribution in [-0.2, 0) is 14.3 Å². The summed E-state index contributed by atoms with van der Waals surface area (Å²) in [4.78, 5) is 26.4. The molecule has 7 nitrogen and oxygen atoms in total. The fourth-order valence-corrected chi connectivity index (χ4v) is 3.91. The number of hydrogen-bond acceptors (Lipinski definition) is 5. The van der Waals surface area contributed by atoms with Gasteiger partial charge in [-0.3, -0.25) is 14.5 Å². The highest BCUT2D eigenvalue weighted by Gasteiger charge is 2.38. The van der Waals surface area contributed by atoms with Crippen LogP contribution >= 0.6 is 0 Å². The molecule has 7 heteroatoms. The molecule has 2 fully saturated rings. The van der Waals surface area contributed by atoms with Gasteiger partial charge in [-0.15, -0.1) is 0 Å². The van der Waals surface area contributed by atoms with E-state index < -0.39 is 11.8 Å². The van der Waals surface area contributed by atoms with E-state index in [4.69, 9.17) is 4.74 Å². The van der Waals surface area contributed by atoms with Gasteiger partial charge in [-0.1, -0.05) is 0 Å². The minimum absolute atomic E-state index is 0.00810. The van der Waals surface area contributed by atoms with E-state index in [0.29, 0.717) is 6.54 Å². The van der Waals surface area contributed by atoms with Gasteiger partial charge in [0.1, 0.15) is 0 Å².